The van der Waals surface area contributed by atoms with E-state index in [9.17, 15) is 4.79 Å². The van der Waals surface area contributed by atoms with E-state index in [1.807, 2.05) is 0 Å². The number of nitrogens with one attached hydrogen (secondary N) is 2. The first kappa shape index (κ1) is 16.7. The van der Waals surface area contributed by atoms with E-state index in [2.05, 4.69) is 17.6 Å². The van der Waals surface area contributed by atoms with E-state index in [0.717, 1.165) is 19.0 Å². The molecule has 1 amide bonds. The van der Waals surface area contributed by atoms with Crippen molar-refractivity contribution in [2.24, 2.45) is 11.8 Å². The number of amides is 1. The van der Waals surface area contributed by atoms with Crippen molar-refractivity contribution >= 4 is 18.3 Å². The van der Waals surface area contributed by atoms with Crippen LogP contribution in [0.2, 0.25) is 0 Å². The van der Waals surface area contributed by atoms with Crippen LogP contribution in [0, 0.1) is 11.8 Å². The number of halogens is 1. The number of ether oxygens (including phenoxy) is 1. The topological polar surface area (TPSA) is 50.4 Å². The number of carbonyl (C=O) groups is 1. The predicted octanol–water partition coefficient (Wildman–Crippen LogP) is 1.73. The number of rotatable bonds is 4. The highest BCUT2D eigenvalue weighted by Gasteiger charge is 2.24. The van der Waals surface area contributed by atoms with Crippen molar-refractivity contribution in [3.8, 4) is 0 Å². The van der Waals surface area contributed by atoms with Crippen LogP contribution in [0.15, 0.2) is 0 Å². The molecule has 2 fully saturated rings. The maximum Gasteiger partial charge on any atom is 0.250 e. The van der Waals surface area contributed by atoms with Gasteiger partial charge in [-0.25, -0.2) is 0 Å². The number of morpholine rings is 1. The van der Waals surface area contributed by atoms with E-state index in [1.165, 1.54) is 32.1 Å². The predicted molar refractivity (Wildman–Crippen MR) is 78.6 cm³/mol. The first-order valence-corrected chi connectivity index (χ1v) is 7.39. The third kappa shape index (κ3) is 5.28. The average Bonchev–Trinajstić information content (AvgIpc) is 2.46. The zero-order valence-corrected chi connectivity index (χ0v) is 12.6. The molecule has 2 aliphatic rings. The lowest BCUT2D eigenvalue weighted by Gasteiger charge is -2.29. The fourth-order valence-corrected chi connectivity index (χ4v) is 2.94. The van der Waals surface area contributed by atoms with E-state index < -0.39 is 0 Å². The molecular formula is C14H27ClN2O2. The van der Waals surface area contributed by atoms with Crippen LogP contribution in [0.1, 0.15) is 39.0 Å². The van der Waals surface area contributed by atoms with Gasteiger partial charge in [0.1, 0.15) is 6.10 Å². The Hall–Kier alpha value is -0.320. The smallest absolute Gasteiger partial charge is 0.250 e. The molecule has 5 heteroatoms. The Bertz CT molecular complexity index is 262. The molecule has 0 spiro atoms. The Morgan fingerprint density at radius 1 is 1.26 bits per heavy atom. The molecule has 1 saturated carbocycles. The molecule has 19 heavy (non-hydrogen) atoms. The number of hydrogen-bond acceptors (Lipinski definition) is 3. The van der Waals surface area contributed by atoms with Gasteiger partial charge in [-0.05, 0) is 24.7 Å². The fourth-order valence-electron chi connectivity index (χ4n) is 2.94. The van der Waals surface area contributed by atoms with Crippen molar-refractivity contribution in [2.75, 3.05) is 26.2 Å². The quantitative estimate of drug-likeness (QED) is 0.829. The zero-order valence-electron chi connectivity index (χ0n) is 11.8. The zero-order chi connectivity index (χ0) is 12.8. The lowest BCUT2D eigenvalue weighted by atomic mass is 9.81. The molecule has 1 heterocycles. The lowest BCUT2D eigenvalue weighted by molar-refractivity contribution is -0.134. The molecule has 0 aromatic carbocycles. The third-order valence-electron chi connectivity index (χ3n) is 4.33. The summed E-state index contributed by atoms with van der Waals surface area (Å²) in [7, 11) is 0. The van der Waals surface area contributed by atoms with E-state index in [4.69, 9.17) is 4.74 Å². The first-order chi connectivity index (χ1) is 8.79. The Balaban J connectivity index is 0.00000180. The molecule has 0 radical (unpaired) electrons. The van der Waals surface area contributed by atoms with Gasteiger partial charge in [0.25, 0.3) is 0 Å². The standard InChI is InChI=1S/C14H26N2O2.ClH/c1-2-11-3-5-12(6-4-11)9-16-14(17)13-10-15-7-8-18-13;/h11-13,15H,2-10H2,1H3,(H,16,17);1H. The van der Waals surface area contributed by atoms with Crippen molar-refractivity contribution in [2.45, 2.75) is 45.1 Å². The summed E-state index contributed by atoms with van der Waals surface area (Å²) in [5, 5.41) is 6.23. The highest BCUT2D eigenvalue weighted by Crippen LogP contribution is 2.30. The molecule has 1 saturated heterocycles. The monoisotopic (exact) mass is 290 g/mol. The Morgan fingerprint density at radius 2 is 1.95 bits per heavy atom. The summed E-state index contributed by atoms with van der Waals surface area (Å²) in [5.74, 6) is 1.65. The first-order valence-electron chi connectivity index (χ1n) is 7.39. The van der Waals surface area contributed by atoms with Gasteiger partial charge in [0, 0.05) is 19.6 Å². The second kappa shape index (κ2) is 8.77. The minimum Gasteiger partial charge on any atom is -0.366 e. The Labute approximate surface area is 122 Å². The van der Waals surface area contributed by atoms with Crippen molar-refractivity contribution in [1.82, 2.24) is 10.6 Å². The highest BCUT2D eigenvalue weighted by molar-refractivity contribution is 5.85. The molecule has 1 unspecified atom stereocenters. The van der Waals surface area contributed by atoms with Crippen LogP contribution in [0.5, 0.6) is 0 Å². The van der Waals surface area contributed by atoms with Crippen LogP contribution < -0.4 is 10.6 Å². The summed E-state index contributed by atoms with van der Waals surface area (Å²) in [6, 6.07) is 0. The molecule has 0 aromatic heterocycles. The summed E-state index contributed by atoms with van der Waals surface area (Å²) < 4.78 is 5.44. The van der Waals surface area contributed by atoms with Gasteiger partial charge >= 0.3 is 0 Å². The lowest BCUT2D eigenvalue weighted by Crippen LogP contribution is -2.48. The maximum absolute atomic E-state index is 11.9. The van der Waals surface area contributed by atoms with Crippen LogP contribution in [0.3, 0.4) is 0 Å². The summed E-state index contributed by atoms with van der Waals surface area (Å²) in [5.41, 5.74) is 0. The summed E-state index contributed by atoms with van der Waals surface area (Å²) in [6.45, 7) is 5.24. The molecule has 1 aliphatic carbocycles. The van der Waals surface area contributed by atoms with Crippen LogP contribution in [-0.2, 0) is 9.53 Å². The van der Waals surface area contributed by atoms with Crippen molar-refractivity contribution in [1.29, 1.82) is 0 Å². The van der Waals surface area contributed by atoms with Crippen molar-refractivity contribution < 1.29 is 9.53 Å². The molecule has 1 atom stereocenters. The van der Waals surface area contributed by atoms with Crippen LogP contribution in [0.25, 0.3) is 0 Å². The van der Waals surface area contributed by atoms with E-state index in [0.29, 0.717) is 19.1 Å². The minimum absolute atomic E-state index is 0. The molecule has 4 nitrogen and oxygen atoms in total. The van der Waals surface area contributed by atoms with Gasteiger partial charge in [0.05, 0.1) is 6.61 Å². The van der Waals surface area contributed by atoms with Gasteiger partial charge in [-0.15, -0.1) is 12.4 Å². The van der Waals surface area contributed by atoms with Gasteiger partial charge < -0.3 is 15.4 Å². The molecule has 2 N–H and O–H groups in total. The van der Waals surface area contributed by atoms with Crippen LogP contribution in [0.4, 0.5) is 0 Å². The summed E-state index contributed by atoms with van der Waals surface area (Å²) in [6.07, 6.45) is 6.22. The molecule has 0 bridgehead atoms. The summed E-state index contributed by atoms with van der Waals surface area (Å²) >= 11 is 0. The molecular weight excluding hydrogens is 264 g/mol. The van der Waals surface area contributed by atoms with Crippen molar-refractivity contribution in [3.05, 3.63) is 0 Å². The SMILES string of the molecule is CCC1CCC(CNC(=O)C2CNCCO2)CC1.Cl. The normalized spacial score (nSPS) is 31.3. The second-order valence-corrected chi connectivity index (χ2v) is 5.60. The largest absolute Gasteiger partial charge is 0.366 e. The van der Waals surface area contributed by atoms with Gasteiger partial charge in [0.2, 0.25) is 5.91 Å². The molecule has 1 aliphatic heterocycles. The van der Waals surface area contributed by atoms with E-state index in [1.54, 1.807) is 0 Å². The summed E-state index contributed by atoms with van der Waals surface area (Å²) in [4.78, 5) is 11.9. The van der Waals surface area contributed by atoms with E-state index >= 15 is 0 Å². The number of carbonyl (C=O) groups excluding carboxylic acids is 1. The molecule has 112 valence electrons. The minimum atomic E-state index is -0.286. The average molecular weight is 291 g/mol. The fraction of sp³-hybridized carbons (Fsp3) is 0.929. The van der Waals surface area contributed by atoms with E-state index in [-0.39, 0.29) is 24.4 Å². The highest BCUT2D eigenvalue weighted by atomic mass is 35.5. The Kier molecular flexibility index (Phi) is 7.73. The van der Waals surface area contributed by atoms with Crippen LogP contribution in [-0.4, -0.2) is 38.3 Å². The second-order valence-electron chi connectivity index (χ2n) is 5.60. The maximum atomic E-state index is 11.9. The molecule has 2 rings (SSSR count). The van der Waals surface area contributed by atoms with Gasteiger partial charge in [-0.3, -0.25) is 4.79 Å². The number of hydrogen-bond donors (Lipinski definition) is 2. The van der Waals surface area contributed by atoms with Crippen LogP contribution >= 0.6 is 12.4 Å². The Morgan fingerprint density at radius 3 is 2.53 bits per heavy atom. The van der Waals surface area contributed by atoms with Gasteiger partial charge in [-0.1, -0.05) is 26.2 Å². The van der Waals surface area contributed by atoms with Gasteiger partial charge in [-0.2, -0.15) is 0 Å². The molecule has 0 aromatic rings. The van der Waals surface area contributed by atoms with Gasteiger partial charge in [0.15, 0.2) is 0 Å². The third-order valence-corrected chi connectivity index (χ3v) is 4.33. The van der Waals surface area contributed by atoms with Crippen molar-refractivity contribution in [3.63, 3.8) is 0 Å².